The van der Waals surface area contributed by atoms with Crippen LogP contribution in [0.25, 0.3) is 0 Å². The van der Waals surface area contributed by atoms with Crippen molar-refractivity contribution >= 4 is 6.09 Å². The van der Waals surface area contributed by atoms with E-state index in [1.807, 2.05) is 0 Å². The molecule has 1 atom stereocenters. The molecule has 0 aromatic heterocycles. The smallest absolute Gasteiger partial charge is 0.410 e. The van der Waals surface area contributed by atoms with E-state index in [1.165, 1.54) is 24.3 Å². The quantitative estimate of drug-likeness (QED) is 0.795. The number of halogens is 1. The SMILES string of the molecule is CC(CO)NC(=O)Oc1ccc(F)cc1. The molecule has 4 nitrogen and oxygen atoms in total. The van der Waals surface area contributed by atoms with E-state index in [9.17, 15) is 9.18 Å². The van der Waals surface area contributed by atoms with E-state index in [4.69, 9.17) is 9.84 Å². The van der Waals surface area contributed by atoms with Crippen molar-refractivity contribution in [2.45, 2.75) is 13.0 Å². The summed E-state index contributed by atoms with van der Waals surface area (Å²) in [5, 5.41) is 11.1. The molecule has 0 saturated heterocycles. The maximum absolute atomic E-state index is 12.5. The van der Waals surface area contributed by atoms with Crippen molar-refractivity contribution in [1.29, 1.82) is 0 Å². The summed E-state index contributed by atoms with van der Waals surface area (Å²) in [5.41, 5.74) is 0. The summed E-state index contributed by atoms with van der Waals surface area (Å²) in [6.45, 7) is 1.46. The van der Waals surface area contributed by atoms with Gasteiger partial charge in [-0.3, -0.25) is 0 Å². The van der Waals surface area contributed by atoms with Gasteiger partial charge in [0.25, 0.3) is 0 Å². The van der Waals surface area contributed by atoms with E-state index in [0.29, 0.717) is 0 Å². The van der Waals surface area contributed by atoms with E-state index in [-0.39, 0.29) is 18.4 Å². The summed E-state index contributed by atoms with van der Waals surface area (Å²) >= 11 is 0. The number of aliphatic hydroxyl groups excluding tert-OH is 1. The van der Waals surface area contributed by atoms with E-state index < -0.39 is 11.9 Å². The molecule has 1 aromatic rings. The minimum absolute atomic E-state index is 0.168. The van der Waals surface area contributed by atoms with Gasteiger partial charge in [0, 0.05) is 0 Å². The van der Waals surface area contributed by atoms with Gasteiger partial charge in [-0.05, 0) is 31.2 Å². The van der Waals surface area contributed by atoms with Crippen molar-refractivity contribution in [1.82, 2.24) is 5.32 Å². The van der Waals surface area contributed by atoms with Crippen molar-refractivity contribution in [2.75, 3.05) is 6.61 Å². The average molecular weight is 213 g/mol. The topological polar surface area (TPSA) is 58.6 Å². The van der Waals surface area contributed by atoms with Crippen LogP contribution in [0.4, 0.5) is 9.18 Å². The predicted octanol–water partition coefficient (Wildman–Crippen LogP) is 1.29. The number of nitrogens with one attached hydrogen (secondary N) is 1. The monoisotopic (exact) mass is 213 g/mol. The van der Waals surface area contributed by atoms with Gasteiger partial charge in [0.05, 0.1) is 12.6 Å². The maximum atomic E-state index is 12.5. The lowest BCUT2D eigenvalue weighted by Crippen LogP contribution is -2.36. The number of hydrogen-bond acceptors (Lipinski definition) is 3. The third-order valence-electron chi connectivity index (χ3n) is 1.66. The van der Waals surface area contributed by atoms with Crippen LogP contribution in [0, 0.1) is 5.82 Å². The van der Waals surface area contributed by atoms with Gasteiger partial charge in [-0.25, -0.2) is 9.18 Å². The van der Waals surface area contributed by atoms with E-state index in [1.54, 1.807) is 6.92 Å². The summed E-state index contributed by atoms with van der Waals surface area (Å²) in [6.07, 6.45) is -0.678. The molecular formula is C10H12FNO3. The van der Waals surface area contributed by atoms with Crippen molar-refractivity contribution in [2.24, 2.45) is 0 Å². The highest BCUT2D eigenvalue weighted by atomic mass is 19.1. The zero-order valence-electron chi connectivity index (χ0n) is 8.24. The molecule has 1 amide bonds. The lowest BCUT2D eigenvalue weighted by molar-refractivity contribution is 0.185. The molecule has 0 aliphatic heterocycles. The molecule has 5 heteroatoms. The molecule has 15 heavy (non-hydrogen) atoms. The van der Waals surface area contributed by atoms with Crippen molar-refractivity contribution < 1.29 is 19.0 Å². The molecule has 0 bridgehead atoms. The standard InChI is InChI=1S/C10H12FNO3/c1-7(6-13)12-10(14)15-9-4-2-8(11)3-5-9/h2-5,7,13H,6H2,1H3,(H,12,14). The van der Waals surface area contributed by atoms with Crippen LogP contribution in [-0.2, 0) is 0 Å². The molecule has 0 heterocycles. The van der Waals surface area contributed by atoms with Gasteiger partial charge in [0.1, 0.15) is 11.6 Å². The first-order valence-electron chi connectivity index (χ1n) is 4.46. The summed E-state index contributed by atoms with van der Waals surface area (Å²) in [5.74, 6) is -0.148. The zero-order valence-corrected chi connectivity index (χ0v) is 8.24. The number of ether oxygens (including phenoxy) is 1. The van der Waals surface area contributed by atoms with Gasteiger partial charge in [-0.2, -0.15) is 0 Å². The second-order valence-electron chi connectivity index (χ2n) is 3.07. The second kappa shape index (κ2) is 5.31. The Morgan fingerprint density at radius 1 is 1.53 bits per heavy atom. The predicted molar refractivity (Wildman–Crippen MR) is 52.1 cm³/mol. The molecule has 0 aliphatic carbocycles. The fourth-order valence-electron chi connectivity index (χ4n) is 0.886. The molecule has 1 unspecified atom stereocenters. The van der Waals surface area contributed by atoms with Gasteiger partial charge in [-0.1, -0.05) is 0 Å². The number of amides is 1. The van der Waals surface area contributed by atoms with Gasteiger partial charge in [0.15, 0.2) is 0 Å². The van der Waals surface area contributed by atoms with E-state index in [0.717, 1.165) is 0 Å². The van der Waals surface area contributed by atoms with E-state index >= 15 is 0 Å². The Hall–Kier alpha value is -1.62. The van der Waals surface area contributed by atoms with Crippen molar-refractivity contribution in [3.05, 3.63) is 30.1 Å². The molecule has 0 saturated carbocycles. The fraction of sp³-hybridized carbons (Fsp3) is 0.300. The summed E-state index contributed by atoms with van der Waals surface area (Å²) < 4.78 is 17.3. The third kappa shape index (κ3) is 3.95. The van der Waals surface area contributed by atoms with E-state index in [2.05, 4.69) is 5.32 Å². The highest BCUT2D eigenvalue weighted by Gasteiger charge is 2.07. The lowest BCUT2D eigenvalue weighted by Gasteiger charge is -2.10. The van der Waals surface area contributed by atoms with Crippen LogP contribution in [0.3, 0.4) is 0 Å². The molecule has 1 rings (SSSR count). The Morgan fingerprint density at radius 2 is 2.13 bits per heavy atom. The Kier molecular flexibility index (Phi) is 4.05. The summed E-state index contributed by atoms with van der Waals surface area (Å²) in [6, 6.07) is 4.70. The normalized spacial score (nSPS) is 11.9. The van der Waals surface area contributed by atoms with Crippen LogP contribution in [0.2, 0.25) is 0 Å². The third-order valence-corrected chi connectivity index (χ3v) is 1.66. The highest BCUT2D eigenvalue weighted by molar-refractivity contribution is 5.70. The van der Waals surface area contributed by atoms with Gasteiger partial charge in [-0.15, -0.1) is 0 Å². The molecule has 0 aliphatic rings. The van der Waals surface area contributed by atoms with Crippen LogP contribution in [0.15, 0.2) is 24.3 Å². The first-order chi connectivity index (χ1) is 7.11. The van der Waals surface area contributed by atoms with Gasteiger partial charge >= 0.3 is 6.09 Å². The Bertz CT molecular complexity index is 326. The van der Waals surface area contributed by atoms with Gasteiger partial charge < -0.3 is 15.2 Å². The first-order valence-corrected chi connectivity index (χ1v) is 4.46. The summed E-state index contributed by atoms with van der Waals surface area (Å²) in [4.78, 5) is 11.1. The molecule has 2 N–H and O–H groups in total. The average Bonchev–Trinajstić information content (AvgIpc) is 2.21. The molecule has 0 spiro atoms. The number of benzene rings is 1. The summed E-state index contributed by atoms with van der Waals surface area (Å²) in [7, 11) is 0. The first kappa shape index (κ1) is 11.5. The van der Waals surface area contributed by atoms with Crippen LogP contribution in [-0.4, -0.2) is 23.8 Å². The number of carbonyl (C=O) groups is 1. The highest BCUT2D eigenvalue weighted by Crippen LogP contribution is 2.10. The number of carbonyl (C=O) groups excluding carboxylic acids is 1. The maximum Gasteiger partial charge on any atom is 0.412 e. The Morgan fingerprint density at radius 3 is 2.67 bits per heavy atom. The van der Waals surface area contributed by atoms with Crippen LogP contribution in [0.5, 0.6) is 5.75 Å². The number of aliphatic hydroxyl groups is 1. The molecule has 0 radical (unpaired) electrons. The molecule has 82 valence electrons. The van der Waals surface area contributed by atoms with Crippen LogP contribution >= 0.6 is 0 Å². The largest absolute Gasteiger partial charge is 0.412 e. The minimum atomic E-state index is -0.678. The Balaban J connectivity index is 2.48. The zero-order chi connectivity index (χ0) is 11.3. The van der Waals surface area contributed by atoms with Gasteiger partial charge in [0.2, 0.25) is 0 Å². The Labute approximate surface area is 86.7 Å². The second-order valence-corrected chi connectivity index (χ2v) is 3.07. The lowest BCUT2D eigenvalue weighted by atomic mass is 10.3. The number of rotatable bonds is 3. The fourth-order valence-corrected chi connectivity index (χ4v) is 0.886. The van der Waals surface area contributed by atoms with Crippen LogP contribution in [0.1, 0.15) is 6.92 Å². The minimum Gasteiger partial charge on any atom is -0.410 e. The van der Waals surface area contributed by atoms with Crippen LogP contribution < -0.4 is 10.1 Å². The van der Waals surface area contributed by atoms with Crippen molar-refractivity contribution in [3.63, 3.8) is 0 Å². The molecule has 1 aromatic carbocycles. The van der Waals surface area contributed by atoms with Crippen molar-refractivity contribution in [3.8, 4) is 5.75 Å². The number of hydrogen-bond donors (Lipinski definition) is 2. The molecular weight excluding hydrogens is 201 g/mol. The molecule has 0 fully saturated rings.